The lowest BCUT2D eigenvalue weighted by Crippen LogP contribution is -2.01. The number of rotatable bonds is 3. The Labute approximate surface area is 281 Å². The van der Waals surface area contributed by atoms with Crippen molar-refractivity contribution in [3.8, 4) is 67.5 Å². The smallest absolute Gasteiger partial charge is 0.164 e. The van der Waals surface area contributed by atoms with E-state index >= 15 is 0 Å². The van der Waals surface area contributed by atoms with Crippen LogP contribution in [0, 0.1) is 20.8 Å². The SMILES string of the molecule is Cc1ccc2c(c1)Cc1cc(-c3nc(-c4ccc5c(c4)Cc4cc(C)ccc4-5)nc(-c4ccc5c(c4)Cc4cc(C)ccc4-5)n3)ccc1-2. The molecule has 1 heterocycles. The van der Waals surface area contributed by atoms with Gasteiger partial charge >= 0.3 is 0 Å². The maximum Gasteiger partial charge on any atom is 0.164 e. The predicted molar refractivity (Wildman–Crippen MR) is 195 cm³/mol. The third-order valence-corrected chi connectivity index (χ3v) is 10.5. The van der Waals surface area contributed by atoms with E-state index < -0.39 is 0 Å². The fourth-order valence-corrected chi connectivity index (χ4v) is 8.20. The molecule has 0 atom stereocenters. The van der Waals surface area contributed by atoms with E-state index in [4.69, 9.17) is 15.0 Å². The fourth-order valence-electron chi connectivity index (χ4n) is 8.20. The minimum atomic E-state index is 0.712. The molecular weight excluding hydrogens is 583 g/mol. The second-order valence-electron chi connectivity index (χ2n) is 13.9. The summed E-state index contributed by atoms with van der Waals surface area (Å²) in [4.78, 5) is 15.5. The lowest BCUT2D eigenvalue weighted by Gasteiger charge is -2.11. The Morgan fingerprint density at radius 1 is 0.312 bits per heavy atom. The molecule has 0 saturated carbocycles. The van der Waals surface area contributed by atoms with Crippen molar-refractivity contribution in [2.24, 2.45) is 0 Å². The van der Waals surface area contributed by atoms with Crippen LogP contribution in [0.5, 0.6) is 0 Å². The Kier molecular flexibility index (Phi) is 5.81. The fraction of sp³-hybridized carbons (Fsp3) is 0.133. The minimum absolute atomic E-state index is 0.712. The summed E-state index contributed by atoms with van der Waals surface area (Å²) in [5.41, 5.74) is 23.1. The molecule has 3 aliphatic carbocycles. The molecule has 3 heteroatoms. The minimum Gasteiger partial charge on any atom is -0.208 e. The van der Waals surface area contributed by atoms with Crippen molar-refractivity contribution >= 4 is 0 Å². The van der Waals surface area contributed by atoms with Crippen molar-refractivity contribution in [2.45, 2.75) is 40.0 Å². The number of benzene rings is 6. The van der Waals surface area contributed by atoms with Crippen molar-refractivity contribution in [3.63, 3.8) is 0 Å². The van der Waals surface area contributed by atoms with Crippen molar-refractivity contribution in [1.29, 1.82) is 0 Å². The molecule has 0 saturated heterocycles. The molecule has 228 valence electrons. The molecule has 3 aliphatic rings. The molecule has 0 fully saturated rings. The molecular formula is C45H33N3. The molecule has 0 amide bonds. The zero-order chi connectivity index (χ0) is 32.1. The number of hydrogen-bond donors (Lipinski definition) is 0. The van der Waals surface area contributed by atoms with E-state index in [2.05, 4.69) is 130 Å². The van der Waals surface area contributed by atoms with Gasteiger partial charge in [-0.2, -0.15) is 0 Å². The van der Waals surface area contributed by atoms with Gasteiger partial charge in [-0.15, -0.1) is 0 Å². The summed E-state index contributed by atoms with van der Waals surface area (Å²) in [6, 6.07) is 40.5. The Morgan fingerprint density at radius 2 is 0.562 bits per heavy atom. The Bertz CT molecular complexity index is 2230. The van der Waals surface area contributed by atoms with Gasteiger partial charge in [-0.3, -0.25) is 0 Å². The quantitative estimate of drug-likeness (QED) is 0.198. The maximum absolute atomic E-state index is 5.17. The van der Waals surface area contributed by atoms with Gasteiger partial charge in [0.1, 0.15) is 0 Å². The van der Waals surface area contributed by atoms with Crippen LogP contribution in [0.2, 0.25) is 0 Å². The topological polar surface area (TPSA) is 38.7 Å². The Morgan fingerprint density at radius 3 is 0.854 bits per heavy atom. The summed E-state index contributed by atoms with van der Waals surface area (Å²) in [6.45, 7) is 6.50. The first kappa shape index (κ1) is 27.4. The Balaban J connectivity index is 1.10. The van der Waals surface area contributed by atoms with Crippen LogP contribution in [-0.4, -0.2) is 15.0 Å². The van der Waals surface area contributed by atoms with E-state index in [1.54, 1.807) is 0 Å². The first-order valence-electron chi connectivity index (χ1n) is 16.9. The lowest BCUT2D eigenvalue weighted by atomic mass is 10.0. The summed E-state index contributed by atoms with van der Waals surface area (Å²) in [7, 11) is 0. The molecule has 10 rings (SSSR count). The predicted octanol–water partition coefficient (Wildman–Crippen LogP) is 10.5. The molecule has 0 unspecified atom stereocenters. The number of nitrogens with zero attached hydrogens (tertiary/aromatic N) is 3. The number of aryl methyl sites for hydroxylation is 3. The number of aromatic nitrogens is 3. The van der Waals surface area contributed by atoms with Crippen LogP contribution in [0.25, 0.3) is 67.5 Å². The summed E-state index contributed by atoms with van der Waals surface area (Å²) in [5, 5.41) is 0. The van der Waals surface area contributed by atoms with Crippen LogP contribution in [-0.2, 0) is 19.3 Å². The van der Waals surface area contributed by atoms with Crippen LogP contribution in [0.3, 0.4) is 0 Å². The van der Waals surface area contributed by atoms with Crippen LogP contribution in [0.15, 0.2) is 109 Å². The van der Waals surface area contributed by atoms with E-state index in [0.29, 0.717) is 17.5 Å². The second-order valence-corrected chi connectivity index (χ2v) is 13.9. The van der Waals surface area contributed by atoms with Crippen molar-refractivity contribution in [3.05, 3.63) is 159 Å². The summed E-state index contributed by atoms with van der Waals surface area (Å²) < 4.78 is 0. The molecule has 0 radical (unpaired) electrons. The summed E-state index contributed by atoms with van der Waals surface area (Å²) in [6.07, 6.45) is 2.79. The summed E-state index contributed by atoms with van der Waals surface area (Å²) in [5.74, 6) is 2.14. The van der Waals surface area contributed by atoms with E-state index in [9.17, 15) is 0 Å². The maximum atomic E-state index is 5.17. The van der Waals surface area contributed by atoms with Crippen molar-refractivity contribution < 1.29 is 0 Å². The van der Waals surface area contributed by atoms with Gasteiger partial charge in [0.05, 0.1) is 0 Å². The van der Waals surface area contributed by atoms with Gasteiger partial charge in [0.25, 0.3) is 0 Å². The van der Waals surface area contributed by atoms with Crippen molar-refractivity contribution in [1.82, 2.24) is 15.0 Å². The average molecular weight is 616 g/mol. The van der Waals surface area contributed by atoms with E-state index in [1.165, 1.54) is 83.5 Å². The standard InChI is InChI=1S/C45H33N3/c1-25-4-10-37-31(16-25)22-34-19-28(7-13-40(34)37)43-46-44(29-8-14-41-35(20-29)23-32-17-26(2)5-11-38(32)41)48-45(47-43)30-9-15-42-36(21-30)24-33-18-27(3)6-12-39(33)42/h4-21H,22-24H2,1-3H3. The molecule has 0 bridgehead atoms. The molecule has 0 spiro atoms. The van der Waals surface area contributed by atoms with Gasteiger partial charge in [-0.1, -0.05) is 108 Å². The normalized spacial score (nSPS) is 13.1. The highest BCUT2D eigenvalue weighted by Gasteiger charge is 2.24. The molecule has 1 aromatic heterocycles. The van der Waals surface area contributed by atoms with Gasteiger partial charge in [0, 0.05) is 16.7 Å². The molecule has 0 aliphatic heterocycles. The third-order valence-electron chi connectivity index (χ3n) is 10.5. The first-order valence-corrected chi connectivity index (χ1v) is 16.9. The molecule has 7 aromatic rings. The van der Waals surface area contributed by atoms with E-state index in [-0.39, 0.29) is 0 Å². The highest BCUT2D eigenvalue weighted by atomic mass is 15.0. The first-order chi connectivity index (χ1) is 23.4. The zero-order valence-electron chi connectivity index (χ0n) is 27.4. The van der Waals surface area contributed by atoms with Gasteiger partial charge in [-0.25, -0.2) is 15.0 Å². The average Bonchev–Trinajstić information content (AvgIpc) is 3.76. The van der Waals surface area contributed by atoms with Crippen LogP contribution in [0.1, 0.15) is 50.1 Å². The zero-order valence-corrected chi connectivity index (χ0v) is 27.4. The highest BCUT2D eigenvalue weighted by molar-refractivity contribution is 5.83. The monoisotopic (exact) mass is 615 g/mol. The molecule has 3 nitrogen and oxygen atoms in total. The van der Waals surface area contributed by atoms with Gasteiger partial charge in [-0.05, 0) is 125 Å². The lowest BCUT2D eigenvalue weighted by molar-refractivity contribution is 1.07. The Hall–Kier alpha value is -5.67. The van der Waals surface area contributed by atoms with Gasteiger partial charge < -0.3 is 0 Å². The molecule has 0 N–H and O–H groups in total. The van der Waals surface area contributed by atoms with E-state index in [0.717, 1.165) is 36.0 Å². The van der Waals surface area contributed by atoms with Crippen LogP contribution < -0.4 is 0 Å². The van der Waals surface area contributed by atoms with E-state index in [1.807, 2.05) is 0 Å². The van der Waals surface area contributed by atoms with Crippen LogP contribution in [0.4, 0.5) is 0 Å². The van der Waals surface area contributed by atoms with Gasteiger partial charge in [0.2, 0.25) is 0 Å². The van der Waals surface area contributed by atoms with Crippen molar-refractivity contribution in [2.75, 3.05) is 0 Å². The highest BCUT2D eigenvalue weighted by Crippen LogP contribution is 2.42. The number of hydrogen-bond acceptors (Lipinski definition) is 3. The molecule has 48 heavy (non-hydrogen) atoms. The summed E-state index contributed by atoms with van der Waals surface area (Å²) >= 11 is 0. The third kappa shape index (κ3) is 4.31. The van der Waals surface area contributed by atoms with Crippen LogP contribution >= 0.6 is 0 Å². The second kappa shape index (κ2) is 10.2. The van der Waals surface area contributed by atoms with Gasteiger partial charge in [0.15, 0.2) is 17.5 Å². The largest absolute Gasteiger partial charge is 0.208 e. The molecule has 6 aromatic carbocycles. The number of fused-ring (bicyclic) bond motifs is 9.